The van der Waals surface area contributed by atoms with Crippen molar-refractivity contribution < 1.29 is 28.6 Å². The van der Waals surface area contributed by atoms with E-state index in [1.807, 2.05) is 0 Å². The fraction of sp³-hybridized carbons (Fsp3) is 0.847. The Morgan fingerprint density at radius 3 is 0.731 bits per heavy atom. The van der Waals surface area contributed by atoms with Crippen LogP contribution < -0.4 is 0 Å². The van der Waals surface area contributed by atoms with E-state index in [9.17, 15) is 14.4 Å². The SMILES string of the molecule is CCCCCCC/C=C\C/C=C\C/C=C\CCCCCCCCCCCCCCCCCCC(=O)OCC(COC(=O)CCCCCCC/C=C\CCCCCCC)OC(=O)CCCCCCCCCCCCCCCCC. The van der Waals surface area contributed by atoms with Gasteiger partial charge in [-0.1, -0.05) is 320 Å². The quantitative estimate of drug-likeness (QED) is 0.0261. The van der Waals surface area contributed by atoms with Gasteiger partial charge in [0.05, 0.1) is 0 Å². The van der Waals surface area contributed by atoms with E-state index >= 15 is 0 Å². The van der Waals surface area contributed by atoms with Crippen LogP contribution in [0.5, 0.6) is 0 Å². The highest BCUT2D eigenvalue weighted by molar-refractivity contribution is 5.71. The fourth-order valence-electron chi connectivity index (χ4n) is 10.3. The minimum absolute atomic E-state index is 0.0706. The molecule has 0 saturated heterocycles. The van der Waals surface area contributed by atoms with E-state index in [4.69, 9.17) is 14.2 Å². The standard InChI is InChI=1S/C72H132O6/c1-4-7-10-13-16-19-22-25-28-29-30-31-32-33-34-35-36-37-38-39-40-41-42-43-45-47-50-53-56-59-62-65-71(74)77-68-69(67-76-70(73)64-61-58-55-52-49-46-27-24-21-18-15-12-9-6-3)78-72(75)66-63-60-57-54-51-48-44-26-23-20-17-14-11-8-5-2/h22,24-25,27,29-30,32-33,69H,4-21,23,26,28,31,34-68H2,1-3H3/b25-22-,27-24-,30-29-,33-32-. The first kappa shape index (κ1) is 75.4. The monoisotopic (exact) mass is 1090 g/mol. The van der Waals surface area contributed by atoms with Crippen LogP contribution in [0.4, 0.5) is 0 Å². The van der Waals surface area contributed by atoms with Gasteiger partial charge in [-0.25, -0.2) is 0 Å². The Labute approximate surface area is 486 Å². The predicted molar refractivity (Wildman–Crippen MR) is 339 cm³/mol. The van der Waals surface area contributed by atoms with Gasteiger partial charge in [0.15, 0.2) is 6.10 Å². The molecule has 1 unspecified atom stereocenters. The lowest BCUT2D eigenvalue weighted by Crippen LogP contribution is -2.30. The lowest BCUT2D eigenvalue weighted by molar-refractivity contribution is -0.167. The van der Waals surface area contributed by atoms with Gasteiger partial charge in [0.2, 0.25) is 0 Å². The highest BCUT2D eigenvalue weighted by atomic mass is 16.6. The molecule has 0 saturated carbocycles. The zero-order valence-electron chi connectivity index (χ0n) is 52.5. The Balaban J connectivity index is 4.16. The van der Waals surface area contributed by atoms with Gasteiger partial charge in [0.1, 0.15) is 13.2 Å². The zero-order chi connectivity index (χ0) is 56.4. The van der Waals surface area contributed by atoms with E-state index in [1.54, 1.807) is 0 Å². The van der Waals surface area contributed by atoms with Crippen molar-refractivity contribution in [1.82, 2.24) is 0 Å². The molecule has 0 fully saturated rings. The molecule has 1 atom stereocenters. The molecule has 0 aromatic heterocycles. The summed E-state index contributed by atoms with van der Waals surface area (Å²) in [4.78, 5) is 38.3. The van der Waals surface area contributed by atoms with Crippen molar-refractivity contribution in [3.8, 4) is 0 Å². The minimum Gasteiger partial charge on any atom is -0.462 e. The van der Waals surface area contributed by atoms with Crippen LogP contribution in [0.25, 0.3) is 0 Å². The van der Waals surface area contributed by atoms with Gasteiger partial charge in [-0.05, 0) is 83.5 Å². The largest absolute Gasteiger partial charge is 0.462 e. The smallest absolute Gasteiger partial charge is 0.306 e. The molecule has 0 aliphatic rings. The molecule has 6 nitrogen and oxygen atoms in total. The molecule has 0 amide bonds. The number of unbranched alkanes of at least 4 members (excludes halogenated alkanes) is 45. The van der Waals surface area contributed by atoms with Crippen LogP contribution in [0.1, 0.15) is 374 Å². The molecule has 0 aliphatic heterocycles. The molecule has 0 N–H and O–H groups in total. The lowest BCUT2D eigenvalue weighted by atomic mass is 10.0. The first-order chi connectivity index (χ1) is 38.5. The normalized spacial score (nSPS) is 12.3. The summed E-state index contributed by atoms with van der Waals surface area (Å²) in [6.45, 7) is 6.67. The molecular formula is C72H132O6. The summed E-state index contributed by atoms with van der Waals surface area (Å²) in [7, 11) is 0. The van der Waals surface area contributed by atoms with Gasteiger partial charge in [0.25, 0.3) is 0 Å². The second kappa shape index (κ2) is 66.9. The predicted octanol–water partition coefficient (Wildman–Crippen LogP) is 23.7. The highest BCUT2D eigenvalue weighted by Crippen LogP contribution is 2.18. The molecule has 6 heteroatoms. The number of carbonyl (C=O) groups excluding carboxylic acids is 3. The molecule has 0 rings (SSSR count). The van der Waals surface area contributed by atoms with Crippen LogP contribution in [-0.2, 0) is 28.6 Å². The van der Waals surface area contributed by atoms with Crippen LogP contribution >= 0.6 is 0 Å². The molecule has 0 aliphatic carbocycles. The average molecular weight is 1090 g/mol. The first-order valence-electron chi connectivity index (χ1n) is 34.6. The maximum Gasteiger partial charge on any atom is 0.306 e. The van der Waals surface area contributed by atoms with E-state index in [0.717, 1.165) is 77.0 Å². The summed E-state index contributed by atoms with van der Waals surface area (Å²) in [5, 5.41) is 0. The third-order valence-electron chi connectivity index (χ3n) is 15.6. The summed E-state index contributed by atoms with van der Waals surface area (Å²) in [5.41, 5.74) is 0. The van der Waals surface area contributed by atoms with E-state index in [-0.39, 0.29) is 31.1 Å². The zero-order valence-corrected chi connectivity index (χ0v) is 52.5. The van der Waals surface area contributed by atoms with E-state index in [2.05, 4.69) is 69.4 Å². The Morgan fingerprint density at radius 2 is 0.462 bits per heavy atom. The maximum atomic E-state index is 12.9. The van der Waals surface area contributed by atoms with Crippen LogP contribution in [0.2, 0.25) is 0 Å². The molecular weight excluding hydrogens is 961 g/mol. The van der Waals surface area contributed by atoms with E-state index in [1.165, 1.54) is 257 Å². The minimum atomic E-state index is -0.773. The summed E-state index contributed by atoms with van der Waals surface area (Å²) in [6, 6.07) is 0. The maximum absolute atomic E-state index is 12.9. The van der Waals surface area contributed by atoms with Crippen molar-refractivity contribution in [3.63, 3.8) is 0 Å². The van der Waals surface area contributed by atoms with Crippen LogP contribution in [0, 0.1) is 0 Å². The second-order valence-corrected chi connectivity index (χ2v) is 23.4. The summed E-state index contributed by atoms with van der Waals surface area (Å²) in [5.74, 6) is -0.855. The number of allylic oxidation sites excluding steroid dienone is 8. The van der Waals surface area contributed by atoms with Crippen molar-refractivity contribution >= 4 is 17.9 Å². The van der Waals surface area contributed by atoms with E-state index < -0.39 is 6.10 Å². The van der Waals surface area contributed by atoms with Crippen LogP contribution in [0.15, 0.2) is 48.6 Å². The molecule has 0 spiro atoms. The van der Waals surface area contributed by atoms with Gasteiger partial charge in [-0.15, -0.1) is 0 Å². The summed E-state index contributed by atoms with van der Waals surface area (Å²) < 4.78 is 17.0. The molecule has 0 aromatic carbocycles. The summed E-state index contributed by atoms with van der Waals surface area (Å²) in [6.07, 6.45) is 84.2. The van der Waals surface area contributed by atoms with Gasteiger partial charge >= 0.3 is 17.9 Å². The van der Waals surface area contributed by atoms with Crippen molar-refractivity contribution in [3.05, 3.63) is 48.6 Å². The molecule has 0 bridgehead atoms. The number of esters is 3. The Bertz CT molecular complexity index is 1350. The molecule has 0 heterocycles. The number of hydrogen-bond acceptors (Lipinski definition) is 6. The number of ether oxygens (including phenoxy) is 3. The number of rotatable bonds is 64. The van der Waals surface area contributed by atoms with Crippen LogP contribution in [0.3, 0.4) is 0 Å². The van der Waals surface area contributed by atoms with Gasteiger partial charge in [-0.3, -0.25) is 14.4 Å². The van der Waals surface area contributed by atoms with Gasteiger partial charge in [-0.2, -0.15) is 0 Å². The average Bonchev–Trinajstić information content (AvgIpc) is 3.44. The Kier molecular flexibility index (Phi) is 64.6. The third kappa shape index (κ3) is 64.2. The number of hydrogen-bond donors (Lipinski definition) is 0. The topological polar surface area (TPSA) is 78.9 Å². The van der Waals surface area contributed by atoms with E-state index in [0.29, 0.717) is 19.3 Å². The fourth-order valence-corrected chi connectivity index (χ4v) is 10.3. The molecule has 0 radical (unpaired) electrons. The number of carbonyl (C=O) groups is 3. The lowest BCUT2D eigenvalue weighted by Gasteiger charge is -2.18. The van der Waals surface area contributed by atoms with Crippen molar-refractivity contribution in [2.45, 2.75) is 380 Å². The molecule has 456 valence electrons. The van der Waals surface area contributed by atoms with Gasteiger partial charge < -0.3 is 14.2 Å². The van der Waals surface area contributed by atoms with Crippen LogP contribution in [-0.4, -0.2) is 37.2 Å². The highest BCUT2D eigenvalue weighted by Gasteiger charge is 2.19. The Morgan fingerprint density at radius 1 is 0.256 bits per heavy atom. The van der Waals surface area contributed by atoms with Crippen molar-refractivity contribution in [2.24, 2.45) is 0 Å². The van der Waals surface area contributed by atoms with Crippen molar-refractivity contribution in [2.75, 3.05) is 13.2 Å². The van der Waals surface area contributed by atoms with Crippen molar-refractivity contribution in [1.29, 1.82) is 0 Å². The third-order valence-corrected chi connectivity index (χ3v) is 15.6. The Hall–Kier alpha value is -2.63. The molecule has 78 heavy (non-hydrogen) atoms. The second-order valence-electron chi connectivity index (χ2n) is 23.4. The molecule has 0 aromatic rings. The van der Waals surface area contributed by atoms with Gasteiger partial charge in [0, 0.05) is 19.3 Å². The summed E-state index contributed by atoms with van der Waals surface area (Å²) >= 11 is 0. The first-order valence-corrected chi connectivity index (χ1v) is 34.6.